The third-order valence-corrected chi connectivity index (χ3v) is 3.59. The summed E-state index contributed by atoms with van der Waals surface area (Å²) in [5.74, 6) is -2.50. The van der Waals surface area contributed by atoms with E-state index in [9.17, 15) is 35.9 Å². The van der Waals surface area contributed by atoms with Gasteiger partial charge in [-0.1, -0.05) is 30.3 Å². The van der Waals surface area contributed by atoms with Gasteiger partial charge in [-0.3, -0.25) is 4.79 Å². The molecule has 0 bridgehead atoms. The number of benzene rings is 1. The predicted molar refractivity (Wildman–Crippen MR) is 82.1 cm³/mol. The normalized spacial score (nSPS) is 12.4. The molecule has 148 valence electrons. The largest absolute Gasteiger partial charge is 0.490 e. The van der Waals surface area contributed by atoms with Gasteiger partial charge in [-0.25, -0.2) is 4.79 Å². The van der Waals surface area contributed by atoms with Crippen molar-refractivity contribution in [2.75, 3.05) is 0 Å². The number of hydrogen-bond donors (Lipinski definition) is 1. The number of H-pyrrole nitrogens is 1. The zero-order valence-corrected chi connectivity index (χ0v) is 13.6. The van der Waals surface area contributed by atoms with Crippen LogP contribution in [0, 0.1) is 0 Å². The Balaban J connectivity index is 2.15. The fraction of sp³-hybridized carbons (Fsp3) is 0.188. The smallest absolute Gasteiger partial charge is 0.453 e. The maximum Gasteiger partial charge on any atom is 0.490 e. The highest BCUT2D eigenvalue weighted by molar-refractivity contribution is 5.80. The van der Waals surface area contributed by atoms with E-state index in [0.29, 0.717) is 10.6 Å². The van der Waals surface area contributed by atoms with Gasteiger partial charge in [0.15, 0.2) is 5.69 Å². The van der Waals surface area contributed by atoms with Gasteiger partial charge >= 0.3 is 18.3 Å². The highest BCUT2D eigenvalue weighted by Gasteiger charge is 2.41. The first-order valence-electron chi connectivity index (χ1n) is 7.50. The molecular formula is C16H9F6N3O3. The van der Waals surface area contributed by atoms with Crippen molar-refractivity contribution >= 4 is 11.6 Å². The molecule has 6 nitrogen and oxygen atoms in total. The summed E-state index contributed by atoms with van der Waals surface area (Å²) >= 11 is 0. The number of nitrogens with zero attached hydrogens (tertiary/aromatic N) is 2. The van der Waals surface area contributed by atoms with E-state index in [-0.39, 0.29) is 11.3 Å². The van der Waals surface area contributed by atoms with Crippen LogP contribution in [0.3, 0.4) is 0 Å². The molecular weight excluding hydrogens is 396 g/mol. The first kappa shape index (κ1) is 19.5. The lowest BCUT2D eigenvalue weighted by Crippen LogP contribution is -2.26. The minimum atomic E-state index is -5.25. The minimum absolute atomic E-state index is 0.0740. The van der Waals surface area contributed by atoms with Crippen molar-refractivity contribution in [3.63, 3.8) is 0 Å². The zero-order chi connectivity index (χ0) is 20.7. The second kappa shape index (κ2) is 6.69. The standard InChI is InChI=1S/C16H9F6N3O3/c17-15(18,19)12-11(8-4-2-1-3-5-8)13-23-9(6-10(26)25(13)24-12)7-28-14(27)16(20,21)22/h1-6,23H,7H2. The Hall–Kier alpha value is -3.31. The van der Waals surface area contributed by atoms with Crippen LogP contribution in [0.25, 0.3) is 16.8 Å². The van der Waals surface area contributed by atoms with Crippen molar-refractivity contribution < 1.29 is 35.9 Å². The molecule has 0 aliphatic rings. The van der Waals surface area contributed by atoms with Crippen molar-refractivity contribution in [2.45, 2.75) is 19.0 Å². The molecule has 0 unspecified atom stereocenters. The number of carbonyl (C=O) groups excluding carboxylic acids is 1. The van der Waals surface area contributed by atoms with Crippen molar-refractivity contribution in [3.05, 3.63) is 58.1 Å². The van der Waals surface area contributed by atoms with Gasteiger partial charge < -0.3 is 9.72 Å². The predicted octanol–water partition coefficient (Wildman–Crippen LogP) is 3.31. The molecule has 2 aromatic heterocycles. The Kier molecular flexibility index (Phi) is 4.65. The summed E-state index contributed by atoms with van der Waals surface area (Å²) in [4.78, 5) is 25.3. The molecule has 3 rings (SSSR count). The molecule has 0 saturated heterocycles. The number of hydrogen-bond acceptors (Lipinski definition) is 4. The molecule has 0 amide bonds. The van der Waals surface area contributed by atoms with Crippen LogP contribution >= 0.6 is 0 Å². The van der Waals surface area contributed by atoms with Crippen LogP contribution in [0.4, 0.5) is 26.3 Å². The molecule has 0 spiro atoms. The van der Waals surface area contributed by atoms with Gasteiger partial charge in [0.1, 0.15) is 12.3 Å². The summed E-state index contributed by atoms with van der Waals surface area (Å²) < 4.78 is 81.3. The Morgan fingerprint density at radius 1 is 1.11 bits per heavy atom. The topological polar surface area (TPSA) is 76.5 Å². The minimum Gasteiger partial charge on any atom is -0.453 e. The highest BCUT2D eigenvalue weighted by Crippen LogP contribution is 2.37. The average Bonchev–Trinajstić information content (AvgIpc) is 3.00. The van der Waals surface area contributed by atoms with E-state index in [1.807, 2.05) is 0 Å². The summed E-state index contributed by atoms with van der Waals surface area (Å²) in [6, 6.07) is 7.88. The maximum absolute atomic E-state index is 13.4. The summed E-state index contributed by atoms with van der Waals surface area (Å²) in [7, 11) is 0. The number of alkyl halides is 6. The lowest BCUT2D eigenvalue weighted by Gasteiger charge is -2.08. The van der Waals surface area contributed by atoms with Crippen LogP contribution in [-0.4, -0.2) is 26.7 Å². The zero-order valence-electron chi connectivity index (χ0n) is 13.6. The molecule has 1 N–H and O–H groups in total. The summed E-state index contributed by atoms with van der Waals surface area (Å²) in [5.41, 5.74) is -3.51. The van der Waals surface area contributed by atoms with Crippen molar-refractivity contribution in [3.8, 4) is 11.1 Å². The lowest BCUT2D eigenvalue weighted by molar-refractivity contribution is -0.201. The summed E-state index contributed by atoms with van der Waals surface area (Å²) in [6.45, 7) is -0.995. The van der Waals surface area contributed by atoms with Crippen LogP contribution in [0.2, 0.25) is 0 Å². The fourth-order valence-corrected chi connectivity index (χ4v) is 2.47. The molecule has 0 aliphatic carbocycles. The van der Waals surface area contributed by atoms with Crippen molar-refractivity contribution in [1.29, 1.82) is 0 Å². The van der Waals surface area contributed by atoms with E-state index in [1.54, 1.807) is 6.07 Å². The number of carbonyl (C=O) groups is 1. The number of aromatic amines is 1. The van der Waals surface area contributed by atoms with Crippen molar-refractivity contribution in [2.24, 2.45) is 0 Å². The third-order valence-electron chi connectivity index (χ3n) is 3.59. The Bertz CT molecular complexity index is 1080. The Morgan fingerprint density at radius 3 is 2.32 bits per heavy atom. The van der Waals surface area contributed by atoms with E-state index < -0.39 is 47.4 Å². The summed E-state index contributed by atoms with van der Waals surface area (Å²) in [5, 5.41) is 3.30. The Labute approximate surface area is 151 Å². The molecule has 0 atom stereocenters. The maximum atomic E-state index is 13.4. The van der Waals surface area contributed by atoms with Crippen LogP contribution in [0.1, 0.15) is 11.4 Å². The molecule has 3 aromatic rings. The van der Waals surface area contributed by atoms with Crippen molar-refractivity contribution in [1.82, 2.24) is 14.6 Å². The van der Waals surface area contributed by atoms with E-state index >= 15 is 0 Å². The van der Waals surface area contributed by atoms with Gasteiger partial charge in [0, 0.05) is 6.07 Å². The van der Waals surface area contributed by atoms with E-state index in [4.69, 9.17) is 0 Å². The molecule has 0 fully saturated rings. The fourth-order valence-electron chi connectivity index (χ4n) is 2.47. The molecule has 28 heavy (non-hydrogen) atoms. The number of ether oxygens (including phenoxy) is 1. The number of halogens is 6. The van der Waals surface area contributed by atoms with Gasteiger partial charge in [-0.15, -0.1) is 0 Å². The van der Waals surface area contributed by atoms with Crippen LogP contribution in [-0.2, 0) is 22.3 Å². The quantitative estimate of drug-likeness (QED) is 0.536. The molecule has 1 aromatic carbocycles. The number of nitrogens with one attached hydrogen (secondary N) is 1. The summed E-state index contributed by atoms with van der Waals surface area (Å²) in [6.07, 6.45) is -10.2. The van der Waals surface area contributed by atoms with Gasteiger partial charge in [-0.05, 0) is 5.56 Å². The first-order chi connectivity index (χ1) is 13.0. The second-order valence-electron chi connectivity index (χ2n) is 5.55. The third kappa shape index (κ3) is 3.70. The number of aromatic nitrogens is 3. The van der Waals surface area contributed by atoms with Crippen LogP contribution < -0.4 is 5.56 Å². The number of esters is 1. The monoisotopic (exact) mass is 405 g/mol. The second-order valence-corrected chi connectivity index (χ2v) is 5.55. The molecule has 0 saturated carbocycles. The molecule has 0 radical (unpaired) electrons. The lowest BCUT2D eigenvalue weighted by atomic mass is 10.1. The molecule has 0 aliphatic heterocycles. The Morgan fingerprint density at radius 2 is 1.75 bits per heavy atom. The SMILES string of the molecule is O=C(OCc1cc(=O)n2nc(C(F)(F)F)c(-c3ccccc3)c2[nH]1)C(F)(F)F. The van der Waals surface area contributed by atoms with Gasteiger partial charge in [0.2, 0.25) is 0 Å². The van der Waals surface area contributed by atoms with E-state index in [2.05, 4.69) is 14.8 Å². The van der Waals surface area contributed by atoms with Crippen LogP contribution in [0.15, 0.2) is 41.2 Å². The van der Waals surface area contributed by atoms with Crippen LogP contribution in [0.5, 0.6) is 0 Å². The van der Waals surface area contributed by atoms with Gasteiger partial charge in [-0.2, -0.15) is 36.0 Å². The molecule has 2 heterocycles. The van der Waals surface area contributed by atoms with E-state index in [1.165, 1.54) is 24.3 Å². The van der Waals surface area contributed by atoms with Gasteiger partial charge in [0.05, 0.1) is 11.3 Å². The molecule has 12 heteroatoms. The number of fused-ring (bicyclic) bond motifs is 1. The average molecular weight is 405 g/mol. The number of rotatable bonds is 3. The first-order valence-corrected chi connectivity index (χ1v) is 7.50. The highest BCUT2D eigenvalue weighted by atomic mass is 19.4. The van der Waals surface area contributed by atoms with Gasteiger partial charge in [0.25, 0.3) is 5.56 Å². The van der Waals surface area contributed by atoms with E-state index in [0.717, 1.165) is 0 Å².